The number of aromatic nitrogens is 1. The van der Waals surface area contributed by atoms with Gasteiger partial charge in [-0.15, -0.1) is 0 Å². The first kappa shape index (κ1) is 7.22. The molecule has 2 heteroatoms. The van der Waals surface area contributed by atoms with Crippen molar-refractivity contribution in [3.63, 3.8) is 0 Å². The van der Waals surface area contributed by atoms with Crippen molar-refractivity contribution < 1.29 is 0 Å². The van der Waals surface area contributed by atoms with Gasteiger partial charge in [-0.25, -0.2) is 0 Å². The molecule has 1 rings (SSSR count). The summed E-state index contributed by atoms with van der Waals surface area (Å²) in [4.78, 5) is 3.99. The number of nitrogens with two attached hydrogens (primary N) is 1. The molecule has 0 aromatic carbocycles. The predicted octanol–water partition coefficient (Wildman–Crippen LogP) is 0.891. The number of aryl methyl sites for hydroxylation is 1. The van der Waals surface area contributed by atoms with E-state index in [1.165, 1.54) is 11.1 Å². The summed E-state index contributed by atoms with van der Waals surface area (Å²) in [6.07, 6.45) is 4.62. The maximum Gasteiger partial charge on any atom is 0.0299 e. The molecule has 0 saturated heterocycles. The predicted molar refractivity (Wildman–Crippen MR) is 41.7 cm³/mol. The van der Waals surface area contributed by atoms with Crippen LogP contribution in [0.5, 0.6) is 0 Å². The Labute approximate surface area is 61.1 Å². The molecule has 0 atom stereocenters. The Morgan fingerprint density at radius 3 is 3.00 bits per heavy atom. The lowest BCUT2D eigenvalue weighted by Crippen LogP contribution is -2.03. The molecular formula is C8H12N2. The Balaban J connectivity index is 2.81. The highest BCUT2D eigenvalue weighted by atomic mass is 14.6. The lowest BCUT2D eigenvalue weighted by atomic mass is 10.1. The van der Waals surface area contributed by atoms with Crippen LogP contribution in [-0.4, -0.2) is 11.5 Å². The van der Waals surface area contributed by atoms with E-state index in [0.29, 0.717) is 6.54 Å². The second-order valence-corrected chi connectivity index (χ2v) is 2.34. The molecule has 2 nitrogen and oxygen atoms in total. The summed E-state index contributed by atoms with van der Waals surface area (Å²) < 4.78 is 0. The van der Waals surface area contributed by atoms with Gasteiger partial charge in [-0.3, -0.25) is 4.98 Å². The van der Waals surface area contributed by atoms with Gasteiger partial charge >= 0.3 is 0 Å². The fraction of sp³-hybridized carbons (Fsp3) is 0.375. The lowest BCUT2D eigenvalue weighted by Gasteiger charge is -2.00. The zero-order valence-corrected chi connectivity index (χ0v) is 6.17. The Morgan fingerprint density at radius 2 is 2.40 bits per heavy atom. The third-order valence-electron chi connectivity index (χ3n) is 1.55. The lowest BCUT2D eigenvalue weighted by molar-refractivity contribution is 0.951. The Morgan fingerprint density at radius 1 is 1.60 bits per heavy atom. The highest BCUT2D eigenvalue weighted by molar-refractivity contribution is 5.21. The van der Waals surface area contributed by atoms with Crippen molar-refractivity contribution in [3.05, 3.63) is 29.6 Å². The second kappa shape index (κ2) is 3.32. The van der Waals surface area contributed by atoms with Gasteiger partial charge in [-0.05, 0) is 37.1 Å². The van der Waals surface area contributed by atoms with E-state index in [9.17, 15) is 0 Å². The number of rotatable bonds is 2. The summed E-state index contributed by atoms with van der Waals surface area (Å²) in [6, 6.07) is 2.02. The second-order valence-electron chi connectivity index (χ2n) is 2.34. The first-order chi connectivity index (χ1) is 4.84. The number of hydrogen-bond donors (Lipinski definition) is 1. The van der Waals surface area contributed by atoms with Gasteiger partial charge < -0.3 is 5.73 Å². The van der Waals surface area contributed by atoms with Crippen LogP contribution in [0.4, 0.5) is 0 Å². The number of nitrogens with zero attached hydrogens (tertiary/aromatic N) is 1. The largest absolute Gasteiger partial charge is 0.330 e. The van der Waals surface area contributed by atoms with E-state index in [1.54, 1.807) is 6.20 Å². The molecule has 0 aliphatic rings. The van der Waals surface area contributed by atoms with Gasteiger partial charge in [-0.1, -0.05) is 0 Å². The van der Waals surface area contributed by atoms with Gasteiger partial charge in [0.05, 0.1) is 0 Å². The molecule has 54 valence electrons. The van der Waals surface area contributed by atoms with Crippen molar-refractivity contribution in [2.45, 2.75) is 13.3 Å². The van der Waals surface area contributed by atoms with Crippen molar-refractivity contribution in [2.24, 2.45) is 5.73 Å². The Kier molecular flexibility index (Phi) is 2.40. The van der Waals surface area contributed by atoms with Gasteiger partial charge in [0.2, 0.25) is 0 Å². The van der Waals surface area contributed by atoms with Crippen LogP contribution >= 0.6 is 0 Å². The molecule has 1 heterocycles. The first-order valence-corrected chi connectivity index (χ1v) is 3.44. The van der Waals surface area contributed by atoms with Crippen molar-refractivity contribution in [3.8, 4) is 0 Å². The molecule has 1 aromatic heterocycles. The monoisotopic (exact) mass is 136 g/mol. The zero-order chi connectivity index (χ0) is 7.40. The first-order valence-electron chi connectivity index (χ1n) is 3.44. The van der Waals surface area contributed by atoms with Gasteiger partial charge in [0, 0.05) is 12.4 Å². The van der Waals surface area contributed by atoms with E-state index in [4.69, 9.17) is 5.73 Å². The SMILES string of the molecule is Cc1cnccc1CCN. The van der Waals surface area contributed by atoms with Crippen LogP contribution in [0.1, 0.15) is 11.1 Å². The van der Waals surface area contributed by atoms with E-state index >= 15 is 0 Å². The molecule has 2 N–H and O–H groups in total. The average molecular weight is 136 g/mol. The molecule has 0 aliphatic carbocycles. The number of pyridine rings is 1. The van der Waals surface area contributed by atoms with Crippen molar-refractivity contribution >= 4 is 0 Å². The van der Waals surface area contributed by atoms with Gasteiger partial charge in [0.1, 0.15) is 0 Å². The van der Waals surface area contributed by atoms with Gasteiger partial charge in [-0.2, -0.15) is 0 Å². The third-order valence-corrected chi connectivity index (χ3v) is 1.55. The van der Waals surface area contributed by atoms with E-state index in [-0.39, 0.29) is 0 Å². The molecule has 0 saturated carbocycles. The fourth-order valence-corrected chi connectivity index (χ4v) is 0.938. The summed E-state index contributed by atoms with van der Waals surface area (Å²) in [5, 5.41) is 0. The average Bonchev–Trinajstić information content (AvgIpc) is 1.94. The van der Waals surface area contributed by atoms with Crippen LogP contribution in [0, 0.1) is 6.92 Å². The summed E-state index contributed by atoms with van der Waals surface area (Å²) in [5.74, 6) is 0. The van der Waals surface area contributed by atoms with Crippen LogP contribution in [0.15, 0.2) is 18.5 Å². The third kappa shape index (κ3) is 1.54. The number of hydrogen-bond acceptors (Lipinski definition) is 2. The smallest absolute Gasteiger partial charge is 0.0299 e. The Bertz CT molecular complexity index is 208. The molecule has 0 radical (unpaired) electrons. The van der Waals surface area contributed by atoms with Crippen LogP contribution < -0.4 is 5.73 Å². The molecule has 0 amide bonds. The fourth-order valence-electron chi connectivity index (χ4n) is 0.938. The van der Waals surface area contributed by atoms with Crippen LogP contribution in [-0.2, 0) is 6.42 Å². The maximum absolute atomic E-state index is 5.41. The highest BCUT2D eigenvalue weighted by Crippen LogP contribution is 2.03. The molecular weight excluding hydrogens is 124 g/mol. The molecule has 0 unspecified atom stereocenters. The highest BCUT2D eigenvalue weighted by Gasteiger charge is 1.93. The summed E-state index contributed by atoms with van der Waals surface area (Å²) in [6.45, 7) is 2.77. The Hall–Kier alpha value is -0.890. The zero-order valence-electron chi connectivity index (χ0n) is 6.17. The minimum absolute atomic E-state index is 0.713. The standard InChI is InChI=1S/C8H12N2/c1-7-6-10-5-3-8(7)2-4-9/h3,5-6H,2,4,9H2,1H3. The molecule has 0 fully saturated rings. The quantitative estimate of drug-likeness (QED) is 0.655. The summed E-state index contributed by atoms with van der Waals surface area (Å²) in [7, 11) is 0. The molecule has 0 aliphatic heterocycles. The van der Waals surface area contributed by atoms with Gasteiger partial charge in [0.25, 0.3) is 0 Å². The minimum atomic E-state index is 0.713. The topological polar surface area (TPSA) is 38.9 Å². The van der Waals surface area contributed by atoms with Gasteiger partial charge in [0.15, 0.2) is 0 Å². The minimum Gasteiger partial charge on any atom is -0.330 e. The summed E-state index contributed by atoms with van der Waals surface area (Å²) >= 11 is 0. The van der Waals surface area contributed by atoms with E-state index in [0.717, 1.165) is 6.42 Å². The maximum atomic E-state index is 5.41. The molecule has 10 heavy (non-hydrogen) atoms. The molecule has 1 aromatic rings. The molecule has 0 spiro atoms. The summed E-state index contributed by atoms with van der Waals surface area (Å²) in [5.41, 5.74) is 7.94. The van der Waals surface area contributed by atoms with Crippen molar-refractivity contribution in [1.29, 1.82) is 0 Å². The molecule has 0 bridgehead atoms. The van der Waals surface area contributed by atoms with E-state index in [1.807, 2.05) is 12.3 Å². The van der Waals surface area contributed by atoms with E-state index in [2.05, 4.69) is 11.9 Å². The van der Waals surface area contributed by atoms with Crippen molar-refractivity contribution in [1.82, 2.24) is 4.98 Å². The van der Waals surface area contributed by atoms with Crippen molar-refractivity contribution in [2.75, 3.05) is 6.54 Å². The normalized spacial score (nSPS) is 9.80. The van der Waals surface area contributed by atoms with Crippen LogP contribution in [0.3, 0.4) is 0 Å². The van der Waals surface area contributed by atoms with E-state index < -0.39 is 0 Å². The van der Waals surface area contributed by atoms with Crippen LogP contribution in [0.25, 0.3) is 0 Å². The van der Waals surface area contributed by atoms with Crippen LogP contribution in [0.2, 0.25) is 0 Å².